The van der Waals surface area contributed by atoms with Gasteiger partial charge in [0.2, 0.25) is 5.88 Å². The summed E-state index contributed by atoms with van der Waals surface area (Å²) in [7, 11) is -0.305. The Morgan fingerprint density at radius 2 is 1.72 bits per heavy atom. The van der Waals surface area contributed by atoms with Gasteiger partial charge in [0, 0.05) is 42.7 Å². The van der Waals surface area contributed by atoms with Crippen molar-refractivity contribution in [1.29, 1.82) is 0 Å². The van der Waals surface area contributed by atoms with Crippen LogP contribution in [0.5, 0.6) is 11.6 Å². The van der Waals surface area contributed by atoms with E-state index in [9.17, 15) is 9.59 Å². The number of ether oxygens (including phenoxy) is 3. The van der Waals surface area contributed by atoms with Crippen molar-refractivity contribution in [3.8, 4) is 11.6 Å². The van der Waals surface area contributed by atoms with E-state index in [0.717, 1.165) is 79.3 Å². The van der Waals surface area contributed by atoms with E-state index in [1.54, 1.807) is 13.3 Å². The molecule has 10 nitrogen and oxygen atoms in total. The molecule has 1 aliphatic carbocycles. The van der Waals surface area contributed by atoms with Gasteiger partial charge in [0.15, 0.2) is 8.32 Å². The number of esters is 1. The van der Waals surface area contributed by atoms with Crippen LogP contribution in [0.15, 0.2) is 79.0 Å². The van der Waals surface area contributed by atoms with Crippen molar-refractivity contribution < 1.29 is 28.2 Å². The molecule has 0 bridgehead atoms. The highest BCUT2D eigenvalue weighted by Crippen LogP contribution is 2.45. The third kappa shape index (κ3) is 12.4. The predicted octanol–water partition coefficient (Wildman–Crippen LogP) is 9.53. The van der Waals surface area contributed by atoms with Crippen LogP contribution in [0.25, 0.3) is 0 Å². The van der Waals surface area contributed by atoms with Gasteiger partial charge in [-0.3, -0.25) is 9.59 Å². The van der Waals surface area contributed by atoms with Crippen LogP contribution in [0.3, 0.4) is 0 Å². The normalized spacial score (nSPS) is 15.5. The Hall–Kier alpha value is -4.74. The Morgan fingerprint density at radius 1 is 0.965 bits per heavy atom. The number of pyridine rings is 2. The molecule has 1 saturated heterocycles. The number of anilines is 2. The number of carbonyl (C=O) groups excluding carboxylic acids is 2. The summed E-state index contributed by atoms with van der Waals surface area (Å²) in [5, 5.41) is 3.17. The van der Waals surface area contributed by atoms with Crippen molar-refractivity contribution in [2.75, 3.05) is 37.0 Å². The number of hydrogen-bond acceptors (Lipinski definition) is 9. The predicted molar refractivity (Wildman–Crippen MR) is 228 cm³/mol. The van der Waals surface area contributed by atoms with Crippen LogP contribution < -0.4 is 19.7 Å². The minimum Gasteiger partial charge on any atom is -0.497 e. The molecule has 1 N–H and O–H groups in total. The van der Waals surface area contributed by atoms with E-state index in [4.69, 9.17) is 23.6 Å². The van der Waals surface area contributed by atoms with Crippen LogP contribution in [-0.2, 0) is 27.0 Å². The third-order valence-corrected chi connectivity index (χ3v) is 13.4. The lowest BCUT2D eigenvalue weighted by atomic mass is 9.91. The molecule has 3 heterocycles. The minimum atomic E-state index is -1.95. The van der Waals surface area contributed by atoms with Gasteiger partial charge >= 0.3 is 5.97 Å². The Bertz CT molecular complexity index is 1970. The van der Waals surface area contributed by atoms with Gasteiger partial charge in [-0.2, -0.15) is 0 Å². The molecule has 304 valence electrons. The molecule has 2 aromatic carbocycles. The second-order valence-corrected chi connectivity index (χ2v) is 21.5. The van der Waals surface area contributed by atoms with Crippen LogP contribution in [0.4, 0.5) is 11.5 Å². The summed E-state index contributed by atoms with van der Waals surface area (Å²) in [6.45, 7) is 15.1. The highest BCUT2D eigenvalue weighted by Gasteiger charge is 2.35. The molecule has 57 heavy (non-hydrogen) atoms. The molecule has 11 heteroatoms. The first kappa shape index (κ1) is 41.9. The van der Waals surface area contributed by atoms with Gasteiger partial charge in [0.1, 0.15) is 18.2 Å². The van der Waals surface area contributed by atoms with Gasteiger partial charge < -0.3 is 28.9 Å². The molecule has 6 rings (SSSR count). The summed E-state index contributed by atoms with van der Waals surface area (Å²) in [4.78, 5) is 38.5. The number of aromatic nitrogens is 2. The number of nitrogens with zero attached hydrogens (tertiary/aromatic N) is 3. The number of hydrogen-bond donors (Lipinski definition) is 1. The lowest BCUT2D eigenvalue weighted by Crippen LogP contribution is -2.39. The molecule has 4 aromatic rings. The zero-order valence-corrected chi connectivity index (χ0v) is 35.8. The first-order chi connectivity index (χ1) is 27.2. The highest BCUT2D eigenvalue weighted by molar-refractivity contribution is 6.71. The van der Waals surface area contributed by atoms with Crippen molar-refractivity contribution in [1.82, 2.24) is 9.97 Å². The highest BCUT2D eigenvalue weighted by atomic mass is 28.4. The third-order valence-electron chi connectivity index (χ3n) is 10.8. The van der Waals surface area contributed by atoms with Crippen LogP contribution in [0.2, 0.25) is 19.1 Å². The second kappa shape index (κ2) is 18.7. The minimum absolute atomic E-state index is 0.0891. The summed E-state index contributed by atoms with van der Waals surface area (Å²) >= 11 is 0. The summed E-state index contributed by atoms with van der Waals surface area (Å²) < 4.78 is 24.0. The topological polar surface area (TPSA) is 112 Å². The number of aryl methyl sites for hydroxylation is 2. The fraction of sp³-hybridized carbons (Fsp3) is 0.478. The zero-order valence-electron chi connectivity index (χ0n) is 34.8. The van der Waals surface area contributed by atoms with Gasteiger partial charge in [-0.25, -0.2) is 9.97 Å². The average Bonchev–Trinajstić information content (AvgIpc) is 4.03. The van der Waals surface area contributed by atoms with Gasteiger partial charge in [-0.15, -0.1) is 0 Å². The first-order valence-electron chi connectivity index (χ1n) is 20.4. The number of rotatable bonds is 17. The maximum atomic E-state index is 14.0. The molecule has 1 amide bonds. The number of nitrogens with one attached hydrogen (secondary N) is 1. The molecular weight excluding hydrogens is 733 g/mol. The molecule has 2 aliphatic rings. The average molecular weight is 793 g/mol. The van der Waals surface area contributed by atoms with E-state index in [-0.39, 0.29) is 30.0 Å². The van der Waals surface area contributed by atoms with Gasteiger partial charge in [-0.05, 0) is 138 Å². The van der Waals surface area contributed by atoms with E-state index in [1.807, 2.05) is 73.7 Å². The van der Waals surface area contributed by atoms with Crippen molar-refractivity contribution >= 4 is 31.7 Å². The number of piperidine rings is 1. The lowest BCUT2D eigenvalue weighted by Gasteiger charge is -2.34. The summed E-state index contributed by atoms with van der Waals surface area (Å²) in [5.74, 6) is 2.40. The number of methoxy groups -OCH3 is 1. The van der Waals surface area contributed by atoms with E-state index in [1.165, 1.54) is 0 Å². The molecule has 0 spiro atoms. The maximum absolute atomic E-state index is 14.0. The fourth-order valence-electron chi connectivity index (χ4n) is 7.79. The maximum Gasteiger partial charge on any atom is 0.306 e. The number of amides is 1. The van der Waals surface area contributed by atoms with Crippen LogP contribution in [-0.4, -0.2) is 62.6 Å². The van der Waals surface area contributed by atoms with Gasteiger partial charge in [0.05, 0.1) is 31.4 Å². The first-order valence-corrected chi connectivity index (χ1v) is 23.6. The smallest absolute Gasteiger partial charge is 0.306 e. The molecule has 1 saturated carbocycles. The standard InChI is InChI=1S/C46H60N4O6Si/c1-32-13-14-36(22-26-57(6,7)56-46(2,3)4)44(48-32)49-45(52)39-18-17-38(53-5)28-41(39)50-24-20-34(21-25-50)30-54-42-27-37(19-23-47-42)40(35-15-16-35)29-43(51)55-31-33-11-9-8-10-12-33/h8-14,17-19,23,27-28,34-35,40H,15-16,20-22,24-26,29-31H2,1-7H3,(H,48,49,52). The number of carbonyl (C=O) groups is 2. The van der Waals surface area contributed by atoms with Gasteiger partial charge in [-0.1, -0.05) is 36.4 Å². The monoisotopic (exact) mass is 792 g/mol. The van der Waals surface area contributed by atoms with Crippen molar-refractivity contribution in [3.05, 3.63) is 107 Å². The van der Waals surface area contributed by atoms with Crippen LogP contribution >= 0.6 is 0 Å². The molecular formula is C46H60N4O6Si. The molecule has 1 aliphatic heterocycles. The Morgan fingerprint density at radius 3 is 2.42 bits per heavy atom. The van der Waals surface area contributed by atoms with Crippen molar-refractivity contribution in [2.24, 2.45) is 11.8 Å². The summed E-state index contributed by atoms with van der Waals surface area (Å²) in [6.07, 6.45) is 6.93. The molecule has 0 radical (unpaired) electrons. The Labute approximate surface area is 339 Å². The quantitative estimate of drug-likeness (QED) is 0.0826. The molecule has 1 unspecified atom stereocenters. The SMILES string of the molecule is COc1ccc(C(=O)Nc2nc(C)ccc2CC[Si](C)(C)OC(C)(C)C)c(N2CCC(COc3cc(C(CC(=O)OCc4ccccc4)C4CC4)ccn3)CC2)c1. The van der Waals surface area contributed by atoms with Crippen LogP contribution in [0, 0.1) is 18.8 Å². The molecule has 2 aromatic heterocycles. The summed E-state index contributed by atoms with van der Waals surface area (Å²) in [5.41, 5.74) is 5.14. The van der Waals surface area contributed by atoms with Crippen LogP contribution in [0.1, 0.15) is 91.5 Å². The van der Waals surface area contributed by atoms with Gasteiger partial charge in [0.25, 0.3) is 5.91 Å². The fourth-order valence-corrected chi connectivity index (χ4v) is 10.4. The molecule has 1 atom stereocenters. The van der Waals surface area contributed by atoms with E-state index in [0.29, 0.717) is 47.9 Å². The van der Waals surface area contributed by atoms with Crippen molar-refractivity contribution in [3.63, 3.8) is 0 Å². The van der Waals surface area contributed by atoms with Crippen molar-refractivity contribution in [2.45, 2.75) is 103 Å². The number of benzene rings is 2. The summed E-state index contributed by atoms with van der Waals surface area (Å²) in [6, 6.07) is 24.4. The van der Waals surface area contributed by atoms with E-state index in [2.05, 4.69) is 55.1 Å². The zero-order chi connectivity index (χ0) is 40.6. The Kier molecular flexibility index (Phi) is 13.7. The lowest BCUT2D eigenvalue weighted by molar-refractivity contribution is -0.145. The Balaban J connectivity index is 1.05. The molecule has 2 fully saturated rings. The van der Waals surface area contributed by atoms with E-state index >= 15 is 0 Å². The second-order valence-electron chi connectivity index (χ2n) is 17.2. The van der Waals surface area contributed by atoms with E-state index < -0.39 is 8.32 Å². The largest absolute Gasteiger partial charge is 0.497 e.